The lowest BCUT2D eigenvalue weighted by Crippen LogP contribution is -1.58. The van der Waals surface area contributed by atoms with Crippen LogP contribution in [0.5, 0.6) is 0 Å². The number of thiophene rings is 2. The summed E-state index contributed by atoms with van der Waals surface area (Å²) in [6.07, 6.45) is 4.27. The van der Waals surface area contributed by atoms with Crippen molar-refractivity contribution in [1.82, 2.24) is 0 Å². The summed E-state index contributed by atoms with van der Waals surface area (Å²) >= 11 is 10.3. The molecule has 14 heavy (non-hydrogen) atoms. The lowest BCUT2D eigenvalue weighted by Gasteiger charge is -1.82. The van der Waals surface area contributed by atoms with Crippen molar-refractivity contribution in [2.45, 2.75) is 0 Å². The van der Waals surface area contributed by atoms with Crippen LogP contribution in [0.15, 0.2) is 31.8 Å². The summed E-state index contributed by atoms with van der Waals surface area (Å²) in [6.45, 7) is 0. The molecule has 4 heteroatoms. The average molecular weight is 350 g/mol. The van der Waals surface area contributed by atoms with Gasteiger partial charge in [0.15, 0.2) is 0 Å². The molecular formula is C10H6Br2S2. The van der Waals surface area contributed by atoms with Crippen molar-refractivity contribution in [3.05, 3.63) is 41.6 Å². The Bertz CT molecular complexity index is 412. The third-order valence-electron chi connectivity index (χ3n) is 1.59. The van der Waals surface area contributed by atoms with Crippen molar-refractivity contribution in [2.75, 3.05) is 0 Å². The molecule has 0 aromatic carbocycles. The smallest absolute Gasteiger partial charge is 0.0288 e. The first kappa shape index (κ1) is 10.6. The second-order valence-corrected chi connectivity index (χ2v) is 6.38. The standard InChI is InChI=1S/C10H6Br2S2/c11-7-3-9(13-5-7)1-2-10-4-8(12)6-14-10/h1-6H/b2-1+. The predicted octanol–water partition coefficient (Wildman–Crippen LogP) is 5.51. The monoisotopic (exact) mass is 348 g/mol. The second-order valence-electron chi connectivity index (χ2n) is 2.67. The fourth-order valence-electron chi connectivity index (χ4n) is 0.996. The van der Waals surface area contributed by atoms with Crippen LogP contribution in [0.4, 0.5) is 0 Å². The Labute approximate surface area is 108 Å². The predicted molar refractivity (Wildman–Crippen MR) is 73.0 cm³/mol. The van der Waals surface area contributed by atoms with Crippen LogP contribution in [0.25, 0.3) is 12.2 Å². The molecule has 72 valence electrons. The summed E-state index contributed by atoms with van der Waals surface area (Å²) in [7, 11) is 0. The fourth-order valence-corrected chi connectivity index (χ4v) is 3.67. The van der Waals surface area contributed by atoms with E-state index >= 15 is 0 Å². The molecule has 0 aliphatic heterocycles. The Morgan fingerprint density at radius 3 is 1.57 bits per heavy atom. The van der Waals surface area contributed by atoms with Gasteiger partial charge in [-0.05, 0) is 56.1 Å². The molecule has 0 amide bonds. The molecule has 2 aromatic heterocycles. The van der Waals surface area contributed by atoms with E-state index in [1.165, 1.54) is 9.75 Å². The molecule has 0 nitrogen and oxygen atoms in total. The topological polar surface area (TPSA) is 0 Å². The molecule has 2 aromatic rings. The van der Waals surface area contributed by atoms with Crippen molar-refractivity contribution in [3.63, 3.8) is 0 Å². The number of hydrogen-bond donors (Lipinski definition) is 0. The minimum atomic E-state index is 1.15. The minimum absolute atomic E-state index is 1.15. The summed E-state index contributed by atoms with van der Waals surface area (Å²) in [6, 6.07) is 4.23. The summed E-state index contributed by atoms with van der Waals surface area (Å²) in [5, 5.41) is 4.17. The first-order chi connectivity index (χ1) is 6.74. The Hall–Kier alpha value is 0.1000. The van der Waals surface area contributed by atoms with Gasteiger partial charge in [-0.1, -0.05) is 0 Å². The van der Waals surface area contributed by atoms with Crippen LogP contribution >= 0.6 is 54.5 Å². The Balaban J connectivity index is 2.14. The van der Waals surface area contributed by atoms with E-state index in [0.717, 1.165) is 8.95 Å². The minimum Gasteiger partial charge on any atom is -0.143 e. The van der Waals surface area contributed by atoms with E-state index in [1.807, 2.05) is 0 Å². The molecular weight excluding hydrogens is 344 g/mol. The number of hydrogen-bond acceptors (Lipinski definition) is 2. The first-order valence-corrected chi connectivity index (χ1v) is 7.25. The van der Waals surface area contributed by atoms with E-state index in [0.29, 0.717) is 0 Å². The molecule has 0 N–H and O–H groups in total. The van der Waals surface area contributed by atoms with Crippen molar-refractivity contribution < 1.29 is 0 Å². The molecule has 0 bridgehead atoms. The van der Waals surface area contributed by atoms with E-state index in [2.05, 4.69) is 66.9 Å². The van der Waals surface area contributed by atoms with Crippen LogP contribution < -0.4 is 0 Å². The molecule has 2 heterocycles. The summed E-state index contributed by atoms with van der Waals surface area (Å²) in [5.74, 6) is 0. The zero-order valence-corrected chi connectivity index (χ0v) is 11.8. The van der Waals surface area contributed by atoms with Gasteiger partial charge >= 0.3 is 0 Å². The third kappa shape index (κ3) is 2.79. The van der Waals surface area contributed by atoms with Gasteiger partial charge < -0.3 is 0 Å². The molecule has 0 unspecified atom stereocenters. The van der Waals surface area contributed by atoms with E-state index in [1.54, 1.807) is 22.7 Å². The van der Waals surface area contributed by atoms with Gasteiger partial charge in [0, 0.05) is 29.5 Å². The Morgan fingerprint density at radius 1 is 0.857 bits per heavy atom. The average Bonchev–Trinajstić information content (AvgIpc) is 2.72. The van der Waals surface area contributed by atoms with Gasteiger partial charge in [-0.15, -0.1) is 22.7 Å². The Morgan fingerprint density at radius 2 is 1.29 bits per heavy atom. The van der Waals surface area contributed by atoms with E-state index in [9.17, 15) is 0 Å². The maximum absolute atomic E-state index is 3.43. The quantitative estimate of drug-likeness (QED) is 0.671. The van der Waals surface area contributed by atoms with Gasteiger partial charge in [-0.3, -0.25) is 0 Å². The van der Waals surface area contributed by atoms with Gasteiger partial charge in [0.2, 0.25) is 0 Å². The van der Waals surface area contributed by atoms with Gasteiger partial charge in [-0.25, -0.2) is 0 Å². The zero-order chi connectivity index (χ0) is 9.97. The molecule has 0 aliphatic rings. The number of rotatable bonds is 2. The third-order valence-corrected chi connectivity index (χ3v) is 4.90. The largest absolute Gasteiger partial charge is 0.143 e. The highest BCUT2D eigenvalue weighted by molar-refractivity contribution is 9.10. The van der Waals surface area contributed by atoms with Crippen LogP contribution in [0.1, 0.15) is 9.75 Å². The van der Waals surface area contributed by atoms with Gasteiger partial charge in [0.05, 0.1) is 0 Å². The highest BCUT2D eigenvalue weighted by Gasteiger charge is 1.94. The number of halogens is 2. The summed E-state index contributed by atoms with van der Waals surface area (Å²) in [4.78, 5) is 2.53. The van der Waals surface area contributed by atoms with E-state index < -0.39 is 0 Å². The maximum Gasteiger partial charge on any atom is 0.0288 e. The van der Waals surface area contributed by atoms with Crippen LogP contribution in [0, 0.1) is 0 Å². The lowest BCUT2D eigenvalue weighted by atomic mass is 10.4. The van der Waals surface area contributed by atoms with E-state index in [4.69, 9.17) is 0 Å². The van der Waals surface area contributed by atoms with Crippen LogP contribution in [-0.4, -0.2) is 0 Å². The molecule has 0 saturated heterocycles. The highest BCUT2D eigenvalue weighted by Crippen LogP contribution is 2.24. The van der Waals surface area contributed by atoms with Crippen molar-refractivity contribution >= 4 is 66.7 Å². The molecule has 0 spiro atoms. The highest BCUT2D eigenvalue weighted by atomic mass is 79.9. The lowest BCUT2D eigenvalue weighted by molar-refractivity contribution is 1.85. The normalized spacial score (nSPS) is 11.3. The zero-order valence-electron chi connectivity index (χ0n) is 7.04. The van der Waals surface area contributed by atoms with Crippen molar-refractivity contribution in [3.8, 4) is 0 Å². The van der Waals surface area contributed by atoms with E-state index in [-0.39, 0.29) is 0 Å². The fraction of sp³-hybridized carbons (Fsp3) is 0. The Kier molecular flexibility index (Phi) is 3.60. The van der Waals surface area contributed by atoms with Gasteiger partial charge in [0.1, 0.15) is 0 Å². The molecule has 0 aliphatic carbocycles. The van der Waals surface area contributed by atoms with Gasteiger partial charge in [-0.2, -0.15) is 0 Å². The molecule has 0 saturated carbocycles. The second kappa shape index (κ2) is 4.75. The molecule has 0 atom stereocenters. The van der Waals surface area contributed by atoms with Crippen LogP contribution in [-0.2, 0) is 0 Å². The maximum atomic E-state index is 3.43. The van der Waals surface area contributed by atoms with Crippen LogP contribution in [0.2, 0.25) is 0 Å². The van der Waals surface area contributed by atoms with Crippen molar-refractivity contribution in [2.24, 2.45) is 0 Å². The molecule has 2 rings (SSSR count). The summed E-state index contributed by atoms with van der Waals surface area (Å²) in [5.41, 5.74) is 0. The molecule has 0 fully saturated rings. The van der Waals surface area contributed by atoms with Crippen LogP contribution in [0.3, 0.4) is 0 Å². The molecule has 0 radical (unpaired) electrons. The van der Waals surface area contributed by atoms with Crippen molar-refractivity contribution in [1.29, 1.82) is 0 Å². The summed E-state index contributed by atoms with van der Waals surface area (Å²) < 4.78 is 2.30. The van der Waals surface area contributed by atoms with Gasteiger partial charge in [0.25, 0.3) is 0 Å². The SMILES string of the molecule is Brc1csc(/C=C/c2cc(Br)cs2)c1. The first-order valence-electron chi connectivity index (χ1n) is 3.90.